The highest BCUT2D eigenvalue weighted by Crippen LogP contribution is 2.19. The molecule has 4 N–H and O–H groups in total. The van der Waals surface area contributed by atoms with Crippen LogP contribution in [0, 0.1) is 5.41 Å². The number of aliphatic hydroxyl groups is 1. The second-order valence-electron chi connectivity index (χ2n) is 5.38. The van der Waals surface area contributed by atoms with Crippen LogP contribution in [0.3, 0.4) is 0 Å². The van der Waals surface area contributed by atoms with Crippen LogP contribution in [0.4, 0.5) is 0 Å². The van der Waals surface area contributed by atoms with E-state index in [1.54, 1.807) is 0 Å². The number of aliphatic hydroxyl groups excluding tert-OH is 1. The van der Waals surface area contributed by atoms with Gasteiger partial charge in [-0.1, -0.05) is 27.7 Å². The molecule has 0 bridgehead atoms. The van der Waals surface area contributed by atoms with E-state index in [0.717, 1.165) is 6.42 Å². The van der Waals surface area contributed by atoms with Crippen molar-refractivity contribution in [3.8, 4) is 0 Å². The maximum atomic E-state index is 11.5. The lowest BCUT2D eigenvalue weighted by molar-refractivity contribution is -0.122. The lowest BCUT2D eigenvalue weighted by Crippen LogP contribution is -2.40. The summed E-state index contributed by atoms with van der Waals surface area (Å²) in [5.74, 6) is -0.0364. The van der Waals surface area contributed by atoms with Gasteiger partial charge in [-0.2, -0.15) is 0 Å². The number of carbonyl (C=O) groups excluding carboxylic acids is 1. The van der Waals surface area contributed by atoms with Crippen LogP contribution in [0.15, 0.2) is 0 Å². The van der Waals surface area contributed by atoms with Crippen LogP contribution in [-0.2, 0) is 4.79 Å². The zero-order valence-corrected chi connectivity index (χ0v) is 10.9. The van der Waals surface area contributed by atoms with Gasteiger partial charge >= 0.3 is 0 Å². The summed E-state index contributed by atoms with van der Waals surface area (Å²) in [6.45, 7) is 8.50. The number of nitrogens with one attached hydrogen (secondary N) is 1. The molecule has 0 rings (SSSR count). The summed E-state index contributed by atoms with van der Waals surface area (Å²) in [4.78, 5) is 11.5. The smallest absolute Gasteiger partial charge is 0.221 e. The first-order valence-electron chi connectivity index (χ1n) is 5.97. The van der Waals surface area contributed by atoms with E-state index in [0.29, 0.717) is 19.4 Å². The van der Waals surface area contributed by atoms with Crippen LogP contribution >= 0.6 is 0 Å². The Morgan fingerprint density at radius 2 is 2.00 bits per heavy atom. The van der Waals surface area contributed by atoms with Gasteiger partial charge < -0.3 is 16.2 Å². The molecule has 0 saturated heterocycles. The molecule has 0 aliphatic heterocycles. The molecule has 2 atom stereocenters. The fraction of sp³-hybridized carbons (Fsp3) is 0.917. The van der Waals surface area contributed by atoms with Crippen molar-refractivity contribution >= 4 is 5.91 Å². The Morgan fingerprint density at radius 1 is 1.44 bits per heavy atom. The fourth-order valence-electron chi connectivity index (χ4n) is 1.16. The highest BCUT2D eigenvalue weighted by atomic mass is 16.3. The molecule has 16 heavy (non-hydrogen) atoms. The lowest BCUT2D eigenvalue weighted by atomic mass is 9.85. The Morgan fingerprint density at radius 3 is 2.44 bits per heavy atom. The zero-order chi connectivity index (χ0) is 12.8. The van der Waals surface area contributed by atoms with E-state index in [1.165, 1.54) is 0 Å². The lowest BCUT2D eigenvalue weighted by Gasteiger charge is -2.26. The number of hydrogen-bond acceptors (Lipinski definition) is 3. The SMILES string of the molecule is CCC(O)CCNC(=O)CC(N)C(C)(C)C. The van der Waals surface area contributed by atoms with Crippen LogP contribution in [-0.4, -0.2) is 29.7 Å². The van der Waals surface area contributed by atoms with Crippen molar-refractivity contribution in [3.63, 3.8) is 0 Å². The molecular formula is C12H26N2O2. The molecule has 0 heterocycles. The molecule has 0 fully saturated rings. The normalized spacial score (nSPS) is 15.6. The van der Waals surface area contributed by atoms with Gasteiger partial charge in [0.05, 0.1) is 6.10 Å². The quantitative estimate of drug-likeness (QED) is 0.638. The summed E-state index contributed by atoms with van der Waals surface area (Å²) in [7, 11) is 0. The van der Waals surface area contributed by atoms with Gasteiger partial charge in [-0.3, -0.25) is 4.79 Å². The van der Waals surface area contributed by atoms with Crippen LogP contribution in [0.2, 0.25) is 0 Å². The van der Waals surface area contributed by atoms with Gasteiger partial charge in [0.15, 0.2) is 0 Å². The summed E-state index contributed by atoms with van der Waals surface area (Å²) >= 11 is 0. The molecule has 0 radical (unpaired) electrons. The maximum Gasteiger partial charge on any atom is 0.221 e. The Labute approximate surface area is 98.6 Å². The minimum Gasteiger partial charge on any atom is -0.393 e. The molecule has 0 aromatic heterocycles. The van der Waals surface area contributed by atoms with Crippen molar-refractivity contribution in [2.45, 2.75) is 59.1 Å². The van der Waals surface area contributed by atoms with Gasteiger partial charge in [0.25, 0.3) is 0 Å². The fourth-order valence-corrected chi connectivity index (χ4v) is 1.16. The second-order valence-corrected chi connectivity index (χ2v) is 5.38. The standard InChI is InChI=1S/C12H26N2O2/c1-5-9(15)6-7-14-11(16)8-10(13)12(2,3)4/h9-10,15H,5-8,13H2,1-4H3,(H,14,16). The number of amides is 1. The van der Waals surface area contributed by atoms with E-state index < -0.39 is 0 Å². The molecule has 0 saturated carbocycles. The Kier molecular flexibility index (Phi) is 6.60. The summed E-state index contributed by atoms with van der Waals surface area (Å²) in [6, 6.07) is -0.136. The second kappa shape index (κ2) is 6.86. The van der Waals surface area contributed by atoms with Crippen LogP contribution in [0.1, 0.15) is 47.0 Å². The number of nitrogens with two attached hydrogens (primary N) is 1. The molecule has 1 amide bonds. The van der Waals surface area contributed by atoms with E-state index in [1.807, 2.05) is 27.7 Å². The molecule has 0 aromatic carbocycles. The Balaban J connectivity index is 3.75. The molecule has 0 aromatic rings. The number of carbonyl (C=O) groups is 1. The monoisotopic (exact) mass is 230 g/mol. The minimum absolute atomic E-state index is 0.0364. The molecule has 0 spiro atoms. The highest BCUT2D eigenvalue weighted by Gasteiger charge is 2.22. The van der Waals surface area contributed by atoms with E-state index >= 15 is 0 Å². The van der Waals surface area contributed by atoms with Crippen molar-refractivity contribution in [1.82, 2.24) is 5.32 Å². The summed E-state index contributed by atoms with van der Waals surface area (Å²) in [6.07, 6.45) is 1.34. The average Bonchev–Trinajstić information content (AvgIpc) is 2.15. The first-order valence-corrected chi connectivity index (χ1v) is 5.97. The minimum atomic E-state index is -0.323. The predicted octanol–water partition coefficient (Wildman–Crippen LogP) is 1.03. The van der Waals surface area contributed by atoms with Gasteiger partial charge in [0, 0.05) is 19.0 Å². The summed E-state index contributed by atoms with van der Waals surface area (Å²) in [5.41, 5.74) is 5.84. The third-order valence-electron chi connectivity index (χ3n) is 2.79. The molecule has 4 nitrogen and oxygen atoms in total. The van der Waals surface area contributed by atoms with Crippen molar-refractivity contribution in [2.24, 2.45) is 11.1 Å². The topological polar surface area (TPSA) is 75.3 Å². The predicted molar refractivity (Wildman–Crippen MR) is 66.0 cm³/mol. The van der Waals surface area contributed by atoms with Gasteiger partial charge in [0.2, 0.25) is 5.91 Å². The van der Waals surface area contributed by atoms with Gasteiger partial charge in [-0.05, 0) is 18.3 Å². The molecular weight excluding hydrogens is 204 g/mol. The Hall–Kier alpha value is -0.610. The highest BCUT2D eigenvalue weighted by molar-refractivity contribution is 5.76. The molecule has 0 aliphatic carbocycles. The van der Waals surface area contributed by atoms with Gasteiger partial charge in [0.1, 0.15) is 0 Å². The van der Waals surface area contributed by atoms with Crippen molar-refractivity contribution < 1.29 is 9.90 Å². The van der Waals surface area contributed by atoms with Gasteiger partial charge in [-0.15, -0.1) is 0 Å². The van der Waals surface area contributed by atoms with Crippen LogP contribution < -0.4 is 11.1 Å². The molecule has 96 valence electrons. The summed E-state index contributed by atoms with van der Waals surface area (Å²) in [5, 5.41) is 12.1. The van der Waals surface area contributed by atoms with Crippen LogP contribution in [0.25, 0.3) is 0 Å². The number of hydrogen-bond donors (Lipinski definition) is 3. The average molecular weight is 230 g/mol. The van der Waals surface area contributed by atoms with E-state index in [9.17, 15) is 9.90 Å². The van der Waals surface area contributed by atoms with Crippen LogP contribution in [0.5, 0.6) is 0 Å². The first kappa shape index (κ1) is 15.4. The zero-order valence-electron chi connectivity index (χ0n) is 10.9. The largest absolute Gasteiger partial charge is 0.393 e. The van der Waals surface area contributed by atoms with Crippen molar-refractivity contribution in [3.05, 3.63) is 0 Å². The van der Waals surface area contributed by atoms with E-state index in [4.69, 9.17) is 5.73 Å². The molecule has 2 unspecified atom stereocenters. The van der Waals surface area contributed by atoms with Gasteiger partial charge in [-0.25, -0.2) is 0 Å². The van der Waals surface area contributed by atoms with E-state index in [2.05, 4.69) is 5.32 Å². The van der Waals surface area contributed by atoms with Crippen molar-refractivity contribution in [2.75, 3.05) is 6.54 Å². The third kappa shape index (κ3) is 6.80. The Bertz CT molecular complexity index is 212. The van der Waals surface area contributed by atoms with E-state index in [-0.39, 0.29) is 23.5 Å². The number of rotatable bonds is 6. The summed E-state index contributed by atoms with van der Waals surface area (Å²) < 4.78 is 0. The molecule has 0 aliphatic rings. The third-order valence-corrected chi connectivity index (χ3v) is 2.79. The maximum absolute atomic E-state index is 11.5. The molecule has 4 heteroatoms. The van der Waals surface area contributed by atoms with Crippen molar-refractivity contribution in [1.29, 1.82) is 0 Å². The first-order chi connectivity index (χ1) is 7.27.